The number of ketones is 2. The minimum absolute atomic E-state index is 0.155. The molecule has 0 radical (unpaired) electrons. The number of para-hydroxylation sites is 2. The number of rotatable bonds is 6. The fourth-order valence-electron chi connectivity index (χ4n) is 7.11. The summed E-state index contributed by atoms with van der Waals surface area (Å²) in [6.45, 7) is 0. The van der Waals surface area contributed by atoms with Gasteiger partial charge in [0, 0.05) is 11.4 Å². The SMILES string of the molecule is COc1ccc(OC)c(C(=O)C2C(C(=O)c3ccccc3F)N3c4ccccc4C=CC3C23C(=O)Nc2ccccc23)c1. The van der Waals surface area contributed by atoms with Gasteiger partial charge in [0.2, 0.25) is 5.91 Å². The predicted molar refractivity (Wildman–Crippen MR) is 160 cm³/mol. The number of halogens is 1. The van der Waals surface area contributed by atoms with E-state index in [-0.39, 0.29) is 16.9 Å². The first-order chi connectivity index (χ1) is 20.9. The molecule has 0 bridgehead atoms. The maximum absolute atomic E-state index is 15.3. The zero-order chi connectivity index (χ0) is 29.9. The average Bonchev–Trinajstić information content (AvgIpc) is 3.52. The van der Waals surface area contributed by atoms with Crippen LogP contribution < -0.4 is 19.7 Å². The molecule has 0 saturated carbocycles. The van der Waals surface area contributed by atoms with E-state index in [2.05, 4.69) is 5.32 Å². The van der Waals surface area contributed by atoms with E-state index in [1.54, 1.807) is 36.4 Å². The molecule has 1 fully saturated rings. The molecule has 3 heterocycles. The molecule has 1 spiro atoms. The Morgan fingerprint density at radius 3 is 2.40 bits per heavy atom. The summed E-state index contributed by atoms with van der Waals surface area (Å²) in [4.78, 5) is 46.0. The minimum atomic E-state index is -1.53. The van der Waals surface area contributed by atoms with Crippen molar-refractivity contribution in [3.8, 4) is 11.5 Å². The highest BCUT2D eigenvalue weighted by atomic mass is 19.1. The van der Waals surface area contributed by atoms with Gasteiger partial charge in [-0.3, -0.25) is 14.4 Å². The van der Waals surface area contributed by atoms with Crippen LogP contribution in [0.5, 0.6) is 11.5 Å². The standard InChI is InChI=1S/C35H27FN2O5/c1-42-21-16-17-28(43-2)23(19-21)32(39)30-31(33(40)22-10-4-6-12-25(22)36)38-27-14-8-3-9-20(27)15-18-29(38)35(30)24-11-5-7-13-26(24)37-34(35)41/h3-19,29-31H,1-2H3,(H,37,41). The van der Waals surface area contributed by atoms with Crippen molar-refractivity contribution in [2.24, 2.45) is 5.92 Å². The zero-order valence-corrected chi connectivity index (χ0v) is 23.4. The number of anilines is 2. The monoisotopic (exact) mass is 574 g/mol. The molecule has 1 saturated heterocycles. The summed E-state index contributed by atoms with van der Waals surface area (Å²) in [5.74, 6) is -2.79. The van der Waals surface area contributed by atoms with E-state index in [0.717, 1.165) is 5.56 Å². The molecule has 3 aliphatic rings. The number of fused-ring (bicyclic) bond motifs is 6. The summed E-state index contributed by atoms with van der Waals surface area (Å²) < 4.78 is 26.3. The van der Waals surface area contributed by atoms with Crippen molar-refractivity contribution in [3.05, 3.63) is 125 Å². The van der Waals surface area contributed by atoms with Crippen LogP contribution >= 0.6 is 0 Å². The molecule has 0 aliphatic carbocycles. The Morgan fingerprint density at radius 2 is 1.60 bits per heavy atom. The quantitative estimate of drug-likeness (QED) is 0.298. The first-order valence-electron chi connectivity index (χ1n) is 13.9. The Bertz CT molecular complexity index is 1850. The first-order valence-corrected chi connectivity index (χ1v) is 13.9. The fraction of sp³-hybridized carbons (Fsp3) is 0.171. The average molecular weight is 575 g/mol. The van der Waals surface area contributed by atoms with E-state index >= 15 is 9.18 Å². The molecular formula is C35H27FN2O5. The minimum Gasteiger partial charge on any atom is -0.497 e. The highest BCUT2D eigenvalue weighted by Crippen LogP contribution is 2.58. The molecule has 3 aliphatic heterocycles. The fourth-order valence-corrected chi connectivity index (χ4v) is 7.11. The van der Waals surface area contributed by atoms with Crippen LogP contribution in [0.4, 0.5) is 15.8 Å². The van der Waals surface area contributed by atoms with Crippen LogP contribution in [0.25, 0.3) is 6.08 Å². The van der Waals surface area contributed by atoms with Crippen LogP contribution in [0.2, 0.25) is 0 Å². The number of nitrogens with zero attached hydrogens (tertiary/aromatic N) is 1. The summed E-state index contributed by atoms with van der Waals surface area (Å²) in [5, 5.41) is 2.99. The summed E-state index contributed by atoms with van der Waals surface area (Å²) in [6, 6.07) is 23.3. The van der Waals surface area contributed by atoms with Gasteiger partial charge in [-0.05, 0) is 53.6 Å². The molecule has 8 heteroatoms. The Kier molecular flexibility index (Phi) is 6.16. The lowest BCUT2D eigenvalue weighted by atomic mass is 9.64. The van der Waals surface area contributed by atoms with Gasteiger partial charge in [-0.1, -0.05) is 60.7 Å². The molecule has 4 aromatic carbocycles. The van der Waals surface area contributed by atoms with E-state index in [0.29, 0.717) is 22.7 Å². The van der Waals surface area contributed by atoms with E-state index in [9.17, 15) is 9.59 Å². The van der Waals surface area contributed by atoms with Crippen molar-refractivity contribution in [2.75, 3.05) is 24.4 Å². The summed E-state index contributed by atoms with van der Waals surface area (Å²) in [5.41, 5.74) is 1.13. The van der Waals surface area contributed by atoms with Gasteiger partial charge in [0.25, 0.3) is 0 Å². The van der Waals surface area contributed by atoms with Gasteiger partial charge in [-0.2, -0.15) is 0 Å². The Morgan fingerprint density at radius 1 is 0.860 bits per heavy atom. The number of Topliss-reactive ketones (excluding diaryl/α,β-unsaturated/α-hetero) is 2. The van der Waals surface area contributed by atoms with Crippen LogP contribution in [-0.2, 0) is 10.2 Å². The van der Waals surface area contributed by atoms with E-state index in [1.165, 1.54) is 32.4 Å². The lowest BCUT2D eigenvalue weighted by Crippen LogP contribution is -2.51. The van der Waals surface area contributed by atoms with Gasteiger partial charge in [-0.15, -0.1) is 0 Å². The molecule has 4 unspecified atom stereocenters. The molecule has 1 N–H and O–H groups in total. The summed E-state index contributed by atoms with van der Waals surface area (Å²) >= 11 is 0. The summed E-state index contributed by atoms with van der Waals surface area (Å²) in [6.07, 6.45) is 3.79. The van der Waals surface area contributed by atoms with Gasteiger partial charge < -0.3 is 19.7 Å². The highest BCUT2D eigenvalue weighted by Gasteiger charge is 2.70. The number of ether oxygens (including phenoxy) is 2. The maximum atomic E-state index is 15.3. The van der Waals surface area contributed by atoms with Crippen LogP contribution in [0, 0.1) is 11.7 Å². The maximum Gasteiger partial charge on any atom is 0.238 e. The van der Waals surface area contributed by atoms with Crippen LogP contribution in [0.3, 0.4) is 0 Å². The van der Waals surface area contributed by atoms with Crippen molar-refractivity contribution in [1.82, 2.24) is 0 Å². The zero-order valence-electron chi connectivity index (χ0n) is 23.4. The van der Waals surface area contributed by atoms with Crippen LogP contribution in [0.15, 0.2) is 97.1 Å². The van der Waals surface area contributed by atoms with E-state index in [4.69, 9.17) is 9.47 Å². The lowest BCUT2D eigenvalue weighted by Gasteiger charge is -2.37. The number of amides is 1. The number of carbonyl (C=O) groups is 3. The lowest BCUT2D eigenvalue weighted by molar-refractivity contribution is -0.121. The molecule has 4 atom stereocenters. The van der Waals surface area contributed by atoms with Crippen LogP contribution in [0.1, 0.15) is 31.8 Å². The molecule has 4 aromatic rings. The largest absolute Gasteiger partial charge is 0.497 e. The topological polar surface area (TPSA) is 84.9 Å². The molecule has 214 valence electrons. The third-order valence-electron chi connectivity index (χ3n) is 8.90. The van der Waals surface area contributed by atoms with Gasteiger partial charge >= 0.3 is 0 Å². The number of hydrogen-bond donors (Lipinski definition) is 1. The molecule has 43 heavy (non-hydrogen) atoms. The van der Waals surface area contributed by atoms with Gasteiger partial charge in [0.1, 0.15) is 28.8 Å². The Balaban J connectivity index is 1.56. The number of carbonyl (C=O) groups excluding carboxylic acids is 3. The second kappa shape index (κ2) is 9.94. The Labute approximate surface area is 247 Å². The second-order valence-electron chi connectivity index (χ2n) is 10.8. The van der Waals surface area contributed by atoms with Crippen molar-refractivity contribution < 1.29 is 28.2 Å². The number of benzene rings is 4. The predicted octanol–water partition coefficient (Wildman–Crippen LogP) is 5.70. The van der Waals surface area contributed by atoms with Crippen molar-refractivity contribution in [1.29, 1.82) is 0 Å². The summed E-state index contributed by atoms with van der Waals surface area (Å²) in [7, 11) is 2.94. The van der Waals surface area contributed by atoms with E-state index < -0.39 is 46.7 Å². The number of hydrogen-bond acceptors (Lipinski definition) is 6. The van der Waals surface area contributed by atoms with Gasteiger partial charge in [0.05, 0.1) is 37.3 Å². The Hall–Kier alpha value is -5.24. The van der Waals surface area contributed by atoms with Crippen molar-refractivity contribution in [3.63, 3.8) is 0 Å². The molecule has 1 amide bonds. The second-order valence-corrected chi connectivity index (χ2v) is 10.8. The molecular weight excluding hydrogens is 547 g/mol. The van der Waals surface area contributed by atoms with E-state index in [1.807, 2.05) is 53.5 Å². The third-order valence-corrected chi connectivity index (χ3v) is 8.90. The molecule has 7 rings (SSSR count). The molecule has 0 aromatic heterocycles. The number of methoxy groups -OCH3 is 2. The smallest absolute Gasteiger partial charge is 0.238 e. The van der Waals surface area contributed by atoms with Gasteiger partial charge in [0.15, 0.2) is 11.6 Å². The van der Waals surface area contributed by atoms with Crippen molar-refractivity contribution in [2.45, 2.75) is 17.5 Å². The molecule has 7 nitrogen and oxygen atoms in total. The first kappa shape index (κ1) is 26.6. The normalized spacial score (nSPS) is 22.9. The number of nitrogens with one attached hydrogen (secondary N) is 1. The highest BCUT2D eigenvalue weighted by molar-refractivity contribution is 6.19. The van der Waals surface area contributed by atoms with Gasteiger partial charge in [-0.25, -0.2) is 4.39 Å². The van der Waals surface area contributed by atoms with Crippen LogP contribution in [-0.4, -0.2) is 43.8 Å². The third kappa shape index (κ3) is 3.69. The van der Waals surface area contributed by atoms with Crippen molar-refractivity contribution >= 4 is 34.9 Å².